The van der Waals surface area contributed by atoms with E-state index in [4.69, 9.17) is 0 Å². The summed E-state index contributed by atoms with van der Waals surface area (Å²) in [5.41, 5.74) is 2.85. The second kappa shape index (κ2) is 5.88. The fourth-order valence-electron chi connectivity index (χ4n) is 2.45. The van der Waals surface area contributed by atoms with Crippen LogP contribution in [0.2, 0.25) is 0 Å². The number of nitrogens with one attached hydrogen (secondary N) is 3. The fraction of sp³-hybridized carbons (Fsp3) is 0.333. The molecule has 1 fully saturated rings. The second-order valence-electron chi connectivity index (χ2n) is 5.03. The van der Waals surface area contributed by atoms with Gasteiger partial charge in [-0.15, -0.1) is 0 Å². The summed E-state index contributed by atoms with van der Waals surface area (Å²) in [6.45, 7) is 0.927. The zero-order valence-electron chi connectivity index (χ0n) is 11.2. The molecule has 2 heterocycles. The lowest BCUT2D eigenvalue weighted by atomic mass is 10.0. The number of rotatable bonds is 3. The van der Waals surface area contributed by atoms with Crippen molar-refractivity contribution in [3.8, 4) is 11.3 Å². The highest BCUT2D eigenvalue weighted by molar-refractivity contribution is 5.95. The van der Waals surface area contributed by atoms with Gasteiger partial charge in [0.1, 0.15) is 0 Å². The maximum Gasteiger partial charge on any atom is 0.241 e. The van der Waals surface area contributed by atoms with Crippen molar-refractivity contribution in [1.82, 2.24) is 15.3 Å². The quantitative estimate of drug-likeness (QED) is 0.800. The van der Waals surface area contributed by atoms with Crippen molar-refractivity contribution in [2.24, 2.45) is 0 Å². The van der Waals surface area contributed by atoms with Gasteiger partial charge in [0, 0.05) is 5.69 Å². The van der Waals surface area contributed by atoms with Crippen LogP contribution in [0.4, 0.5) is 5.69 Å². The molecule has 5 nitrogen and oxygen atoms in total. The molecule has 3 rings (SSSR count). The molecule has 1 atom stereocenters. The lowest BCUT2D eigenvalue weighted by Crippen LogP contribution is -2.43. The van der Waals surface area contributed by atoms with Crippen molar-refractivity contribution in [2.75, 3.05) is 11.9 Å². The number of imidazole rings is 1. The Kier molecular flexibility index (Phi) is 3.78. The van der Waals surface area contributed by atoms with E-state index in [1.54, 1.807) is 12.5 Å². The summed E-state index contributed by atoms with van der Waals surface area (Å²) in [6.07, 6.45) is 6.61. The van der Waals surface area contributed by atoms with Gasteiger partial charge in [-0.3, -0.25) is 4.79 Å². The minimum absolute atomic E-state index is 0.0546. The molecule has 1 unspecified atom stereocenters. The van der Waals surface area contributed by atoms with E-state index in [1.165, 1.54) is 0 Å². The average molecular weight is 270 g/mol. The maximum absolute atomic E-state index is 12.1. The van der Waals surface area contributed by atoms with Gasteiger partial charge in [0.2, 0.25) is 5.91 Å². The average Bonchev–Trinajstić information content (AvgIpc) is 3.03. The number of hydrogen-bond donors (Lipinski definition) is 3. The van der Waals surface area contributed by atoms with Crippen molar-refractivity contribution in [1.29, 1.82) is 0 Å². The summed E-state index contributed by atoms with van der Waals surface area (Å²) in [6, 6.07) is 7.71. The van der Waals surface area contributed by atoms with E-state index < -0.39 is 0 Å². The number of amides is 1. The summed E-state index contributed by atoms with van der Waals surface area (Å²) in [4.78, 5) is 19.1. The summed E-state index contributed by atoms with van der Waals surface area (Å²) in [7, 11) is 0. The molecular weight excluding hydrogens is 252 g/mol. The number of hydrogen-bond acceptors (Lipinski definition) is 3. The third-order valence-corrected chi connectivity index (χ3v) is 3.59. The molecule has 1 aromatic heterocycles. The Bertz CT molecular complexity index is 556. The first-order valence-electron chi connectivity index (χ1n) is 6.96. The highest BCUT2D eigenvalue weighted by atomic mass is 16.2. The maximum atomic E-state index is 12.1. The number of carbonyl (C=O) groups excluding carboxylic acids is 1. The van der Waals surface area contributed by atoms with Crippen LogP contribution in [0, 0.1) is 0 Å². The molecule has 1 aromatic carbocycles. The van der Waals surface area contributed by atoms with E-state index in [2.05, 4.69) is 20.6 Å². The van der Waals surface area contributed by atoms with Crippen molar-refractivity contribution >= 4 is 11.6 Å². The molecule has 1 aliphatic rings. The number of H-pyrrole nitrogens is 1. The highest BCUT2D eigenvalue weighted by Crippen LogP contribution is 2.19. The van der Waals surface area contributed by atoms with Gasteiger partial charge in [-0.1, -0.05) is 18.6 Å². The third kappa shape index (κ3) is 2.88. The molecule has 0 saturated carbocycles. The molecule has 5 heteroatoms. The number of aromatic nitrogens is 2. The molecule has 0 radical (unpaired) electrons. The molecule has 0 spiro atoms. The molecule has 3 N–H and O–H groups in total. The Labute approximate surface area is 117 Å². The Balaban J connectivity index is 1.64. The van der Waals surface area contributed by atoms with Gasteiger partial charge >= 0.3 is 0 Å². The smallest absolute Gasteiger partial charge is 0.241 e. The van der Waals surface area contributed by atoms with E-state index in [9.17, 15) is 4.79 Å². The second-order valence-corrected chi connectivity index (χ2v) is 5.03. The number of aromatic amines is 1. The summed E-state index contributed by atoms with van der Waals surface area (Å²) < 4.78 is 0. The predicted octanol–water partition coefficient (Wildman–Crippen LogP) is 2.16. The van der Waals surface area contributed by atoms with Crippen LogP contribution < -0.4 is 10.6 Å². The normalized spacial score (nSPS) is 18.7. The van der Waals surface area contributed by atoms with Gasteiger partial charge in [0.05, 0.1) is 24.3 Å². The monoisotopic (exact) mass is 270 g/mol. The van der Waals surface area contributed by atoms with Gasteiger partial charge < -0.3 is 15.6 Å². The van der Waals surface area contributed by atoms with Gasteiger partial charge in [0.25, 0.3) is 0 Å². The van der Waals surface area contributed by atoms with Crippen molar-refractivity contribution in [2.45, 2.75) is 25.3 Å². The molecule has 0 bridgehead atoms. The number of nitrogens with zero attached hydrogens (tertiary/aromatic N) is 1. The lowest BCUT2D eigenvalue weighted by Gasteiger charge is -2.22. The summed E-state index contributed by atoms with van der Waals surface area (Å²) >= 11 is 0. The van der Waals surface area contributed by atoms with E-state index >= 15 is 0 Å². The molecule has 104 valence electrons. The van der Waals surface area contributed by atoms with Crippen LogP contribution in [0.15, 0.2) is 36.8 Å². The minimum Gasteiger partial charge on any atom is -0.345 e. The van der Waals surface area contributed by atoms with Crippen LogP contribution in [0.25, 0.3) is 11.3 Å². The van der Waals surface area contributed by atoms with Crippen LogP contribution >= 0.6 is 0 Å². The van der Waals surface area contributed by atoms with E-state index in [1.807, 2.05) is 24.3 Å². The largest absolute Gasteiger partial charge is 0.345 e. The Hall–Kier alpha value is -2.14. The Morgan fingerprint density at radius 3 is 2.75 bits per heavy atom. The van der Waals surface area contributed by atoms with Crippen LogP contribution in [0.1, 0.15) is 19.3 Å². The fourth-order valence-corrected chi connectivity index (χ4v) is 2.45. The number of benzene rings is 1. The first-order valence-corrected chi connectivity index (χ1v) is 6.96. The lowest BCUT2D eigenvalue weighted by molar-refractivity contribution is -0.118. The molecule has 20 heavy (non-hydrogen) atoms. The van der Waals surface area contributed by atoms with Gasteiger partial charge in [-0.25, -0.2) is 4.98 Å². The van der Waals surface area contributed by atoms with Gasteiger partial charge in [-0.05, 0) is 37.1 Å². The Morgan fingerprint density at radius 2 is 2.10 bits per heavy atom. The van der Waals surface area contributed by atoms with E-state index in [0.717, 1.165) is 42.8 Å². The van der Waals surface area contributed by atoms with Crippen molar-refractivity contribution < 1.29 is 4.79 Å². The van der Waals surface area contributed by atoms with Crippen LogP contribution in [0.5, 0.6) is 0 Å². The molecule has 1 amide bonds. The SMILES string of the molecule is O=C(Nc1ccc(-c2cnc[nH]2)cc1)C1CCCCN1. The van der Waals surface area contributed by atoms with Crippen LogP contribution in [-0.2, 0) is 4.79 Å². The number of carbonyl (C=O) groups is 1. The standard InChI is InChI=1S/C15H18N4O/c20-15(13-3-1-2-8-17-13)19-12-6-4-11(5-7-12)14-9-16-10-18-14/h4-7,9-10,13,17H,1-3,8H2,(H,16,18)(H,19,20). The van der Waals surface area contributed by atoms with E-state index in [-0.39, 0.29) is 11.9 Å². The van der Waals surface area contributed by atoms with Crippen molar-refractivity contribution in [3.05, 3.63) is 36.8 Å². The summed E-state index contributed by atoms with van der Waals surface area (Å²) in [5.74, 6) is 0.0546. The zero-order valence-corrected chi connectivity index (χ0v) is 11.2. The molecule has 1 aliphatic heterocycles. The minimum atomic E-state index is -0.0592. The highest BCUT2D eigenvalue weighted by Gasteiger charge is 2.20. The van der Waals surface area contributed by atoms with Crippen LogP contribution in [-0.4, -0.2) is 28.5 Å². The van der Waals surface area contributed by atoms with Gasteiger partial charge in [0.15, 0.2) is 0 Å². The predicted molar refractivity (Wildman–Crippen MR) is 78.3 cm³/mol. The first-order chi connectivity index (χ1) is 9.83. The molecule has 1 saturated heterocycles. The van der Waals surface area contributed by atoms with Crippen LogP contribution in [0.3, 0.4) is 0 Å². The summed E-state index contributed by atoms with van der Waals surface area (Å²) in [5, 5.41) is 6.20. The van der Waals surface area contributed by atoms with E-state index in [0.29, 0.717) is 0 Å². The Morgan fingerprint density at radius 1 is 1.25 bits per heavy atom. The topological polar surface area (TPSA) is 69.8 Å². The van der Waals surface area contributed by atoms with Gasteiger partial charge in [-0.2, -0.15) is 0 Å². The third-order valence-electron chi connectivity index (χ3n) is 3.59. The molecule has 2 aromatic rings. The van der Waals surface area contributed by atoms with Crippen molar-refractivity contribution in [3.63, 3.8) is 0 Å². The molecular formula is C15H18N4O. The molecule has 0 aliphatic carbocycles. The zero-order chi connectivity index (χ0) is 13.8. The first kappa shape index (κ1) is 12.9. The number of anilines is 1. The number of piperidine rings is 1.